The number of esters is 1. The Morgan fingerprint density at radius 3 is 2.50 bits per heavy atom. The summed E-state index contributed by atoms with van der Waals surface area (Å²) in [5.74, 6) is -2.47. The molecule has 2 heterocycles. The summed E-state index contributed by atoms with van der Waals surface area (Å²) in [5.41, 5.74) is -0.200. The molecule has 3 rings (SSSR count). The Labute approximate surface area is 144 Å². The highest BCUT2D eigenvalue weighted by molar-refractivity contribution is 5.76. The van der Waals surface area contributed by atoms with Gasteiger partial charge in [0.1, 0.15) is 0 Å². The molecule has 1 N–H and O–H groups in total. The van der Waals surface area contributed by atoms with Crippen molar-refractivity contribution in [3.63, 3.8) is 0 Å². The molecule has 1 spiro atoms. The van der Waals surface area contributed by atoms with Gasteiger partial charge in [-0.2, -0.15) is 31.4 Å². The molecule has 26 heavy (non-hydrogen) atoms. The Kier molecular flexibility index (Phi) is 4.36. The average Bonchev–Trinajstić information content (AvgIpc) is 2.84. The van der Waals surface area contributed by atoms with E-state index in [4.69, 9.17) is 0 Å². The van der Waals surface area contributed by atoms with Gasteiger partial charge in [-0.3, -0.25) is 9.58 Å². The molecule has 1 saturated heterocycles. The maximum atomic E-state index is 12.6. The van der Waals surface area contributed by atoms with Gasteiger partial charge >= 0.3 is 18.3 Å². The molecule has 1 aromatic heterocycles. The van der Waals surface area contributed by atoms with E-state index in [1.807, 2.05) is 0 Å². The van der Waals surface area contributed by atoms with Gasteiger partial charge in [0.25, 0.3) is 0 Å². The summed E-state index contributed by atoms with van der Waals surface area (Å²) in [4.78, 5) is 11.8. The Morgan fingerprint density at radius 1 is 1.35 bits per heavy atom. The second kappa shape index (κ2) is 6.03. The molecule has 1 unspecified atom stereocenters. The van der Waals surface area contributed by atoms with Gasteiger partial charge in [-0.1, -0.05) is 0 Å². The number of hydrogen-bond acceptors (Lipinski definition) is 5. The molecule has 1 aliphatic carbocycles. The zero-order valence-corrected chi connectivity index (χ0v) is 13.6. The first-order valence-corrected chi connectivity index (χ1v) is 7.72. The maximum Gasteiger partial charge on any atom is 0.490 e. The zero-order valence-electron chi connectivity index (χ0n) is 13.6. The molecule has 2 fully saturated rings. The lowest BCUT2D eigenvalue weighted by Gasteiger charge is -2.63. The van der Waals surface area contributed by atoms with Crippen LogP contribution in [0, 0.1) is 5.41 Å². The second-order valence-electron chi connectivity index (χ2n) is 6.79. The van der Waals surface area contributed by atoms with Crippen molar-refractivity contribution in [3.05, 3.63) is 12.4 Å². The second-order valence-corrected chi connectivity index (χ2v) is 6.79. The van der Waals surface area contributed by atoms with Gasteiger partial charge in [0.2, 0.25) is 0 Å². The lowest BCUT2D eigenvalue weighted by Crippen LogP contribution is -2.73. The number of likely N-dealkylation sites (tertiary alicyclic amines) is 1. The number of anilines is 1. The van der Waals surface area contributed by atoms with Gasteiger partial charge in [0.15, 0.2) is 6.23 Å². The molecule has 0 amide bonds. The molecule has 0 bridgehead atoms. The van der Waals surface area contributed by atoms with E-state index in [0.29, 0.717) is 23.4 Å². The van der Waals surface area contributed by atoms with E-state index >= 15 is 0 Å². The Bertz CT molecular complexity index is 680. The Morgan fingerprint density at radius 2 is 2.00 bits per heavy atom. The van der Waals surface area contributed by atoms with Gasteiger partial charge in [0.05, 0.1) is 18.4 Å². The third-order valence-electron chi connectivity index (χ3n) is 4.59. The number of carbonyl (C=O) groups excluding carboxylic acids is 1. The molecule has 1 aromatic rings. The maximum absolute atomic E-state index is 12.6. The molecular formula is C14H16F6N4O2. The van der Waals surface area contributed by atoms with E-state index in [1.165, 1.54) is 0 Å². The summed E-state index contributed by atoms with van der Waals surface area (Å²) in [5, 5.41) is 7.06. The smallest absolute Gasteiger partial charge is 0.439 e. The van der Waals surface area contributed by atoms with Crippen LogP contribution in [0.1, 0.15) is 12.8 Å². The largest absolute Gasteiger partial charge is 0.490 e. The fourth-order valence-corrected chi connectivity index (χ4v) is 3.66. The van der Waals surface area contributed by atoms with Crippen LogP contribution in [-0.4, -0.2) is 58.4 Å². The molecule has 2 aliphatic rings. The highest BCUT2D eigenvalue weighted by Gasteiger charge is 2.64. The third-order valence-corrected chi connectivity index (χ3v) is 4.59. The molecule has 1 aliphatic heterocycles. The molecule has 146 valence electrons. The van der Waals surface area contributed by atoms with E-state index in [-0.39, 0.29) is 12.6 Å². The van der Waals surface area contributed by atoms with Crippen molar-refractivity contribution in [2.75, 3.05) is 18.4 Å². The Balaban J connectivity index is 1.64. The third kappa shape index (κ3) is 3.74. The van der Waals surface area contributed by atoms with E-state index in [9.17, 15) is 31.1 Å². The minimum absolute atomic E-state index is 0.0759. The Hall–Kier alpha value is -1.98. The van der Waals surface area contributed by atoms with Crippen molar-refractivity contribution >= 4 is 11.7 Å². The first-order valence-electron chi connectivity index (χ1n) is 7.72. The predicted molar refractivity (Wildman–Crippen MR) is 75.8 cm³/mol. The van der Waals surface area contributed by atoms with Crippen LogP contribution in [0.25, 0.3) is 0 Å². The fraction of sp³-hybridized carbons (Fsp3) is 0.714. The molecular weight excluding hydrogens is 370 g/mol. The van der Waals surface area contributed by atoms with Crippen molar-refractivity contribution in [1.82, 2.24) is 14.7 Å². The van der Waals surface area contributed by atoms with Crippen molar-refractivity contribution in [1.29, 1.82) is 0 Å². The van der Waals surface area contributed by atoms with Crippen LogP contribution in [0.3, 0.4) is 0 Å². The summed E-state index contributed by atoms with van der Waals surface area (Å²) in [7, 11) is 1.71. The van der Waals surface area contributed by atoms with E-state index in [0.717, 1.165) is 0 Å². The van der Waals surface area contributed by atoms with Crippen molar-refractivity contribution < 1.29 is 35.9 Å². The van der Waals surface area contributed by atoms with Crippen LogP contribution in [0.2, 0.25) is 0 Å². The monoisotopic (exact) mass is 386 g/mol. The normalized spacial score (nSPS) is 29.2. The quantitative estimate of drug-likeness (QED) is 0.636. The van der Waals surface area contributed by atoms with Gasteiger partial charge in [-0.15, -0.1) is 0 Å². The van der Waals surface area contributed by atoms with Crippen LogP contribution in [0.5, 0.6) is 0 Å². The number of alkyl halides is 6. The van der Waals surface area contributed by atoms with Crippen LogP contribution in [0.4, 0.5) is 32.0 Å². The minimum Gasteiger partial charge on any atom is -0.439 e. The van der Waals surface area contributed by atoms with Gasteiger partial charge < -0.3 is 10.1 Å². The lowest BCUT2D eigenvalue weighted by atomic mass is 9.59. The van der Waals surface area contributed by atoms with Gasteiger partial charge in [0, 0.05) is 31.2 Å². The number of nitrogens with one attached hydrogen (secondary N) is 1. The number of aromatic nitrogens is 2. The van der Waals surface area contributed by atoms with Crippen LogP contribution in [-0.2, 0) is 16.6 Å². The summed E-state index contributed by atoms with van der Waals surface area (Å²) < 4.78 is 81.0. The number of halogens is 6. The van der Waals surface area contributed by atoms with Crippen molar-refractivity contribution in [3.8, 4) is 0 Å². The highest BCUT2D eigenvalue weighted by atomic mass is 19.4. The number of ether oxygens (including phenoxy) is 1. The molecule has 1 atom stereocenters. The standard InChI is InChI=1S/C14H16F6N4O2/c1-23-5-9(4-21-23)22-8-2-12(3-8)6-24(7-13(15,16)17)10(12)26-11(25)14(18,19)20/h4-5,8,10,22H,2-3,6-7H2,1H3. The van der Waals surface area contributed by atoms with Crippen LogP contribution < -0.4 is 5.32 Å². The summed E-state index contributed by atoms with van der Waals surface area (Å²) in [6, 6.07) is -0.140. The van der Waals surface area contributed by atoms with E-state index < -0.39 is 36.5 Å². The molecule has 0 radical (unpaired) electrons. The van der Waals surface area contributed by atoms with Crippen LogP contribution in [0.15, 0.2) is 12.4 Å². The van der Waals surface area contributed by atoms with Gasteiger partial charge in [-0.25, -0.2) is 4.79 Å². The molecule has 12 heteroatoms. The van der Waals surface area contributed by atoms with Crippen LogP contribution >= 0.6 is 0 Å². The average molecular weight is 386 g/mol. The van der Waals surface area contributed by atoms with E-state index in [2.05, 4.69) is 15.2 Å². The fourth-order valence-electron chi connectivity index (χ4n) is 3.66. The summed E-state index contributed by atoms with van der Waals surface area (Å²) >= 11 is 0. The molecule has 0 aromatic carbocycles. The number of aryl methyl sites for hydroxylation is 1. The SMILES string of the molecule is Cn1cc(NC2CC3(C2)CN(CC(F)(F)F)C3OC(=O)C(F)(F)F)cn1. The lowest BCUT2D eigenvalue weighted by molar-refractivity contribution is -0.287. The highest BCUT2D eigenvalue weighted by Crippen LogP contribution is 2.55. The number of nitrogens with zero attached hydrogens (tertiary/aromatic N) is 3. The summed E-state index contributed by atoms with van der Waals surface area (Å²) in [6.07, 6.45) is -7.53. The molecule has 1 saturated carbocycles. The van der Waals surface area contributed by atoms with E-state index in [1.54, 1.807) is 24.1 Å². The number of rotatable bonds is 4. The summed E-state index contributed by atoms with van der Waals surface area (Å²) in [6.45, 7) is -1.50. The first kappa shape index (κ1) is 18.8. The minimum atomic E-state index is -5.25. The van der Waals surface area contributed by atoms with Crippen molar-refractivity contribution in [2.45, 2.75) is 37.5 Å². The topological polar surface area (TPSA) is 59.4 Å². The number of carbonyl (C=O) groups is 1. The first-order chi connectivity index (χ1) is 11.9. The van der Waals surface area contributed by atoms with Gasteiger partial charge in [-0.05, 0) is 12.8 Å². The number of hydrogen-bond donors (Lipinski definition) is 1. The predicted octanol–water partition coefficient (Wildman–Crippen LogP) is 2.29. The van der Waals surface area contributed by atoms with Crippen molar-refractivity contribution in [2.24, 2.45) is 12.5 Å². The molecule has 6 nitrogen and oxygen atoms in total. The zero-order chi connectivity index (χ0) is 19.3.